The van der Waals surface area contributed by atoms with Crippen molar-refractivity contribution in [1.29, 1.82) is 0 Å². The normalized spacial score (nSPS) is 20.1. The molecule has 0 saturated carbocycles. The van der Waals surface area contributed by atoms with E-state index >= 15 is 0 Å². The van der Waals surface area contributed by atoms with Crippen LogP contribution in [0.1, 0.15) is 30.6 Å². The molecule has 0 aliphatic carbocycles. The van der Waals surface area contributed by atoms with Crippen molar-refractivity contribution < 1.29 is 4.79 Å². The fourth-order valence-corrected chi connectivity index (χ4v) is 3.97. The molecule has 3 rings (SSSR count). The minimum absolute atomic E-state index is 0. The molecule has 1 N–H and O–H groups in total. The maximum Gasteiger partial charge on any atom is 0.253 e. The van der Waals surface area contributed by atoms with Crippen LogP contribution in [0.25, 0.3) is 0 Å². The van der Waals surface area contributed by atoms with E-state index in [1.807, 2.05) is 17.0 Å². The lowest BCUT2D eigenvalue weighted by atomic mass is 10.1. The summed E-state index contributed by atoms with van der Waals surface area (Å²) in [5.41, 5.74) is 1.98. The number of amides is 1. The number of hydrogen-bond acceptors (Lipinski definition) is 4. The van der Waals surface area contributed by atoms with E-state index in [-0.39, 0.29) is 30.7 Å². The summed E-state index contributed by atoms with van der Waals surface area (Å²) in [4.78, 5) is 19.6. The highest BCUT2D eigenvalue weighted by Crippen LogP contribution is 2.20. The molecule has 1 amide bonds. The van der Waals surface area contributed by atoms with E-state index in [0.29, 0.717) is 12.0 Å². The van der Waals surface area contributed by atoms with Crippen molar-refractivity contribution >= 4 is 36.4 Å². The van der Waals surface area contributed by atoms with Gasteiger partial charge in [0.1, 0.15) is 0 Å². The summed E-state index contributed by atoms with van der Waals surface area (Å²) < 4.78 is 0. The number of likely N-dealkylation sites (tertiary alicyclic amines) is 1. The van der Waals surface area contributed by atoms with E-state index in [0.717, 1.165) is 57.8 Å². The topological polar surface area (TPSA) is 38.8 Å². The van der Waals surface area contributed by atoms with Gasteiger partial charge in [-0.15, -0.1) is 24.8 Å². The third-order valence-corrected chi connectivity index (χ3v) is 5.31. The molecule has 2 saturated heterocycles. The van der Waals surface area contributed by atoms with Gasteiger partial charge in [0.25, 0.3) is 5.91 Å². The van der Waals surface area contributed by atoms with Crippen LogP contribution in [0.3, 0.4) is 0 Å². The van der Waals surface area contributed by atoms with Crippen LogP contribution < -0.4 is 10.2 Å². The standard InChI is InChI=1S/C20H32N4O.2ClH/c1-16(2)14-22(3)18-6-4-17(5-7-18)20(25)24-11-8-19(15-24)23-12-9-21-10-13-23;;/h4-7,16,19,21H,8-15H2,1-3H3;2*1H. The number of halogens is 2. The SMILES string of the molecule is CC(C)CN(C)c1ccc(C(=O)N2CCC(N3CCNCC3)C2)cc1.Cl.Cl. The zero-order valence-corrected chi connectivity index (χ0v) is 18.3. The van der Waals surface area contributed by atoms with Crippen LogP contribution in [-0.2, 0) is 0 Å². The molecule has 1 atom stereocenters. The Kier molecular flexibility index (Phi) is 9.88. The first-order valence-electron chi connectivity index (χ1n) is 9.60. The molecule has 2 aliphatic rings. The predicted octanol–water partition coefficient (Wildman–Crippen LogP) is 2.74. The zero-order chi connectivity index (χ0) is 17.8. The monoisotopic (exact) mass is 416 g/mol. The maximum absolute atomic E-state index is 12.8. The molecule has 1 aromatic carbocycles. The van der Waals surface area contributed by atoms with Crippen LogP contribution in [0.15, 0.2) is 24.3 Å². The van der Waals surface area contributed by atoms with Crippen molar-refractivity contribution in [2.75, 3.05) is 57.8 Å². The zero-order valence-electron chi connectivity index (χ0n) is 16.7. The average molecular weight is 417 g/mol. The van der Waals surface area contributed by atoms with E-state index in [2.05, 4.69) is 48.1 Å². The van der Waals surface area contributed by atoms with E-state index in [1.165, 1.54) is 5.69 Å². The molecular formula is C20H34Cl2N4O. The molecule has 0 radical (unpaired) electrons. The van der Waals surface area contributed by atoms with Gasteiger partial charge in [-0.25, -0.2) is 0 Å². The third kappa shape index (κ3) is 6.24. The predicted molar refractivity (Wildman–Crippen MR) is 118 cm³/mol. The van der Waals surface area contributed by atoms with Crippen molar-refractivity contribution in [3.8, 4) is 0 Å². The molecule has 0 aromatic heterocycles. The van der Waals surface area contributed by atoms with Crippen LogP contribution >= 0.6 is 24.8 Å². The first kappa shape index (κ1) is 24.0. The Balaban J connectivity index is 0.00000182. The Bertz CT molecular complexity index is 576. The van der Waals surface area contributed by atoms with Gasteiger partial charge >= 0.3 is 0 Å². The Morgan fingerprint density at radius 1 is 1.15 bits per heavy atom. The maximum atomic E-state index is 12.8. The van der Waals surface area contributed by atoms with Crippen LogP contribution in [0, 0.1) is 5.92 Å². The number of carbonyl (C=O) groups excluding carboxylic acids is 1. The summed E-state index contributed by atoms with van der Waals surface area (Å²) in [6.07, 6.45) is 1.10. The summed E-state index contributed by atoms with van der Waals surface area (Å²) in [5, 5.41) is 3.40. The van der Waals surface area contributed by atoms with Crippen molar-refractivity contribution in [3.05, 3.63) is 29.8 Å². The molecule has 2 fully saturated rings. The highest BCUT2D eigenvalue weighted by Gasteiger charge is 2.31. The largest absolute Gasteiger partial charge is 0.374 e. The van der Waals surface area contributed by atoms with E-state index in [9.17, 15) is 4.79 Å². The minimum Gasteiger partial charge on any atom is -0.374 e. The first-order valence-corrected chi connectivity index (χ1v) is 9.60. The van der Waals surface area contributed by atoms with Gasteiger partial charge in [-0.2, -0.15) is 0 Å². The molecule has 1 unspecified atom stereocenters. The van der Waals surface area contributed by atoms with Gasteiger partial charge in [-0.05, 0) is 36.6 Å². The molecule has 2 heterocycles. The molecule has 5 nitrogen and oxygen atoms in total. The number of benzene rings is 1. The van der Waals surface area contributed by atoms with Gasteiger partial charge in [0.15, 0.2) is 0 Å². The van der Waals surface area contributed by atoms with Crippen LogP contribution in [-0.4, -0.2) is 74.6 Å². The fourth-order valence-electron chi connectivity index (χ4n) is 3.97. The van der Waals surface area contributed by atoms with Gasteiger partial charge in [-0.3, -0.25) is 9.69 Å². The molecule has 7 heteroatoms. The van der Waals surface area contributed by atoms with Crippen LogP contribution in [0.2, 0.25) is 0 Å². The molecule has 0 bridgehead atoms. The lowest BCUT2D eigenvalue weighted by Gasteiger charge is -2.32. The molecule has 154 valence electrons. The highest BCUT2D eigenvalue weighted by molar-refractivity contribution is 5.94. The Morgan fingerprint density at radius 2 is 1.78 bits per heavy atom. The lowest BCUT2D eigenvalue weighted by molar-refractivity contribution is 0.0773. The lowest BCUT2D eigenvalue weighted by Crippen LogP contribution is -2.49. The number of nitrogens with zero attached hydrogens (tertiary/aromatic N) is 3. The summed E-state index contributed by atoms with van der Waals surface area (Å²) in [6, 6.07) is 8.63. The first-order chi connectivity index (χ1) is 12.0. The fraction of sp³-hybridized carbons (Fsp3) is 0.650. The number of nitrogens with one attached hydrogen (secondary N) is 1. The minimum atomic E-state index is 0. The summed E-state index contributed by atoms with van der Waals surface area (Å²) in [6.45, 7) is 11.5. The Morgan fingerprint density at radius 3 is 2.37 bits per heavy atom. The number of piperazine rings is 1. The van der Waals surface area contributed by atoms with Crippen LogP contribution in [0.4, 0.5) is 5.69 Å². The summed E-state index contributed by atoms with van der Waals surface area (Å²) in [7, 11) is 2.11. The second kappa shape index (κ2) is 11.1. The summed E-state index contributed by atoms with van der Waals surface area (Å²) >= 11 is 0. The van der Waals surface area contributed by atoms with Crippen molar-refractivity contribution in [3.63, 3.8) is 0 Å². The van der Waals surface area contributed by atoms with Crippen molar-refractivity contribution in [2.45, 2.75) is 26.3 Å². The number of hydrogen-bond donors (Lipinski definition) is 1. The molecule has 1 aromatic rings. The van der Waals surface area contributed by atoms with E-state index in [1.54, 1.807) is 0 Å². The van der Waals surface area contributed by atoms with Crippen LogP contribution in [0.5, 0.6) is 0 Å². The van der Waals surface area contributed by atoms with E-state index in [4.69, 9.17) is 0 Å². The quantitative estimate of drug-likeness (QED) is 0.800. The van der Waals surface area contributed by atoms with Gasteiger partial charge in [0.2, 0.25) is 0 Å². The van der Waals surface area contributed by atoms with Crippen molar-refractivity contribution in [2.24, 2.45) is 5.92 Å². The number of carbonyl (C=O) groups is 1. The van der Waals surface area contributed by atoms with Crippen molar-refractivity contribution in [1.82, 2.24) is 15.1 Å². The average Bonchev–Trinajstić information content (AvgIpc) is 3.11. The van der Waals surface area contributed by atoms with Gasteiger partial charge in [-0.1, -0.05) is 13.8 Å². The Labute approximate surface area is 176 Å². The number of anilines is 1. The third-order valence-electron chi connectivity index (χ3n) is 5.31. The smallest absolute Gasteiger partial charge is 0.253 e. The van der Waals surface area contributed by atoms with E-state index < -0.39 is 0 Å². The molecule has 2 aliphatic heterocycles. The molecule has 0 spiro atoms. The number of rotatable bonds is 5. The second-order valence-electron chi connectivity index (χ2n) is 7.80. The van der Waals surface area contributed by atoms with Gasteiger partial charge in [0.05, 0.1) is 0 Å². The highest BCUT2D eigenvalue weighted by atomic mass is 35.5. The molecular weight excluding hydrogens is 383 g/mol. The second-order valence-corrected chi connectivity index (χ2v) is 7.80. The molecule has 27 heavy (non-hydrogen) atoms. The van der Waals surface area contributed by atoms with Gasteiger partial charge < -0.3 is 15.1 Å². The Hall–Kier alpha value is -1.01. The summed E-state index contributed by atoms with van der Waals surface area (Å²) in [5.74, 6) is 0.800. The van der Waals surface area contributed by atoms with Gasteiger partial charge in [0, 0.05) is 70.2 Å².